The lowest BCUT2D eigenvalue weighted by atomic mass is 9.75. The Bertz CT molecular complexity index is 902. The molecule has 0 aromatic heterocycles. The molecule has 3 rings (SSSR count). The second kappa shape index (κ2) is 11.5. The Hall–Kier alpha value is -2.87. The van der Waals surface area contributed by atoms with E-state index in [2.05, 4.69) is 6.92 Å². The van der Waals surface area contributed by atoms with Gasteiger partial charge in [-0.15, -0.1) is 0 Å². The van der Waals surface area contributed by atoms with E-state index < -0.39 is 11.8 Å². The third kappa shape index (κ3) is 6.55. The molecular formula is C26H30FNO3. The van der Waals surface area contributed by atoms with Crippen molar-refractivity contribution >= 4 is 5.97 Å². The number of nitrogens with zero attached hydrogens (tertiary/aromatic N) is 1. The number of hydrogen-bond acceptors (Lipinski definition) is 4. The van der Waals surface area contributed by atoms with Crippen molar-refractivity contribution in [2.45, 2.75) is 58.3 Å². The van der Waals surface area contributed by atoms with Gasteiger partial charge in [0.2, 0.25) is 0 Å². The van der Waals surface area contributed by atoms with E-state index in [0.29, 0.717) is 17.9 Å². The molecule has 2 aromatic rings. The molecule has 1 aliphatic rings. The number of nitriles is 1. The first-order chi connectivity index (χ1) is 15.1. The molecule has 0 N–H and O–H groups in total. The minimum absolute atomic E-state index is 0.170. The number of benzene rings is 2. The van der Waals surface area contributed by atoms with Crippen LogP contribution in [0.5, 0.6) is 11.5 Å². The van der Waals surface area contributed by atoms with Gasteiger partial charge < -0.3 is 9.47 Å². The summed E-state index contributed by atoms with van der Waals surface area (Å²) in [6, 6.07) is 12.2. The molecule has 0 amide bonds. The molecular weight excluding hydrogens is 393 g/mol. The highest BCUT2D eigenvalue weighted by Gasteiger charge is 2.23. The molecule has 2 unspecified atom stereocenters. The van der Waals surface area contributed by atoms with Crippen LogP contribution >= 0.6 is 0 Å². The van der Waals surface area contributed by atoms with Crippen LogP contribution in [0.15, 0.2) is 42.5 Å². The number of carbonyl (C=O) groups excluding carboxylic acids is 1. The third-order valence-electron chi connectivity index (χ3n) is 6.07. The zero-order valence-corrected chi connectivity index (χ0v) is 18.1. The van der Waals surface area contributed by atoms with Crippen molar-refractivity contribution in [3.63, 3.8) is 0 Å². The first kappa shape index (κ1) is 22.8. The zero-order chi connectivity index (χ0) is 22.1. The van der Waals surface area contributed by atoms with E-state index >= 15 is 0 Å². The van der Waals surface area contributed by atoms with Crippen LogP contribution in [0.2, 0.25) is 0 Å². The predicted molar refractivity (Wildman–Crippen MR) is 118 cm³/mol. The third-order valence-corrected chi connectivity index (χ3v) is 6.07. The van der Waals surface area contributed by atoms with E-state index in [9.17, 15) is 9.18 Å². The van der Waals surface area contributed by atoms with Crippen molar-refractivity contribution in [2.24, 2.45) is 11.8 Å². The summed E-state index contributed by atoms with van der Waals surface area (Å²) in [5.41, 5.74) is 0.476. The summed E-state index contributed by atoms with van der Waals surface area (Å²) >= 11 is 0. The van der Waals surface area contributed by atoms with Gasteiger partial charge in [-0.05, 0) is 67.1 Å². The molecule has 1 fully saturated rings. The van der Waals surface area contributed by atoms with E-state index in [-0.39, 0.29) is 11.3 Å². The summed E-state index contributed by atoms with van der Waals surface area (Å²) < 4.78 is 24.9. The first-order valence-electron chi connectivity index (χ1n) is 11.3. The van der Waals surface area contributed by atoms with Crippen LogP contribution in [0.1, 0.15) is 74.2 Å². The molecule has 0 spiro atoms. The van der Waals surface area contributed by atoms with Gasteiger partial charge in [-0.2, -0.15) is 5.26 Å². The summed E-state index contributed by atoms with van der Waals surface area (Å²) in [5, 5.41) is 8.78. The fourth-order valence-electron chi connectivity index (χ4n) is 4.45. The molecule has 4 nitrogen and oxygen atoms in total. The summed E-state index contributed by atoms with van der Waals surface area (Å²) in [5.74, 6) is 0.811. The highest BCUT2D eigenvalue weighted by Crippen LogP contribution is 2.36. The molecule has 0 radical (unpaired) electrons. The van der Waals surface area contributed by atoms with Crippen LogP contribution in [0.4, 0.5) is 4.39 Å². The monoisotopic (exact) mass is 423 g/mol. The normalized spacial score (nSPS) is 18.2. The van der Waals surface area contributed by atoms with Crippen molar-refractivity contribution in [3.8, 4) is 17.6 Å². The predicted octanol–water partition coefficient (Wildman–Crippen LogP) is 6.68. The Morgan fingerprint density at radius 3 is 2.45 bits per heavy atom. The number of ether oxygens (including phenoxy) is 2. The molecule has 5 heteroatoms. The molecule has 0 aliphatic heterocycles. The molecule has 2 atom stereocenters. The van der Waals surface area contributed by atoms with Gasteiger partial charge in [-0.3, -0.25) is 0 Å². The quantitative estimate of drug-likeness (QED) is 0.256. The van der Waals surface area contributed by atoms with Crippen molar-refractivity contribution in [1.29, 1.82) is 5.26 Å². The van der Waals surface area contributed by atoms with Gasteiger partial charge in [-0.25, -0.2) is 9.18 Å². The van der Waals surface area contributed by atoms with Crippen molar-refractivity contribution < 1.29 is 18.7 Å². The number of halogens is 1. The molecule has 0 heterocycles. The highest BCUT2D eigenvalue weighted by atomic mass is 19.1. The average Bonchev–Trinajstić information content (AvgIpc) is 2.79. The second-order valence-corrected chi connectivity index (χ2v) is 8.25. The molecule has 31 heavy (non-hydrogen) atoms. The average molecular weight is 424 g/mol. The Labute approximate surface area is 184 Å². The van der Waals surface area contributed by atoms with Crippen LogP contribution in [-0.2, 0) is 0 Å². The smallest absolute Gasteiger partial charge is 0.343 e. The number of rotatable bonds is 9. The van der Waals surface area contributed by atoms with Crippen LogP contribution in [0.3, 0.4) is 0 Å². The van der Waals surface area contributed by atoms with Gasteiger partial charge in [0.15, 0.2) is 11.6 Å². The summed E-state index contributed by atoms with van der Waals surface area (Å²) in [6.07, 6.45) is 10.3. The van der Waals surface area contributed by atoms with E-state index in [4.69, 9.17) is 14.7 Å². The van der Waals surface area contributed by atoms with E-state index in [1.54, 1.807) is 24.3 Å². The Morgan fingerprint density at radius 2 is 1.81 bits per heavy atom. The summed E-state index contributed by atoms with van der Waals surface area (Å²) in [6.45, 7) is 2.94. The number of hydrogen-bond donors (Lipinski definition) is 0. The Morgan fingerprint density at radius 1 is 1.10 bits per heavy atom. The van der Waals surface area contributed by atoms with Crippen molar-refractivity contribution in [1.82, 2.24) is 0 Å². The summed E-state index contributed by atoms with van der Waals surface area (Å²) in [4.78, 5) is 12.3. The highest BCUT2D eigenvalue weighted by molar-refractivity contribution is 5.91. The standard InChI is InChI=1S/C26H30FNO3/c1-2-6-20-7-3-4-8-21(20)9-5-16-30-23-13-11-22(12-14-23)26(29)31-25-15-10-19(18-28)17-24(25)27/h10-15,17,20-21H,2-9,16H2,1H3. The van der Waals surface area contributed by atoms with Gasteiger partial charge >= 0.3 is 5.97 Å². The number of carbonyl (C=O) groups is 1. The second-order valence-electron chi connectivity index (χ2n) is 8.25. The van der Waals surface area contributed by atoms with Crippen molar-refractivity contribution in [2.75, 3.05) is 6.61 Å². The Balaban J connectivity index is 1.45. The lowest BCUT2D eigenvalue weighted by Crippen LogP contribution is -2.20. The summed E-state index contributed by atoms with van der Waals surface area (Å²) in [7, 11) is 0. The fourth-order valence-corrected chi connectivity index (χ4v) is 4.45. The maximum absolute atomic E-state index is 13.9. The topological polar surface area (TPSA) is 59.3 Å². The molecule has 0 saturated heterocycles. The van der Waals surface area contributed by atoms with Crippen LogP contribution < -0.4 is 9.47 Å². The van der Waals surface area contributed by atoms with E-state index in [1.165, 1.54) is 57.1 Å². The first-order valence-corrected chi connectivity index (χ1v) is 11.3. The van der Waals surface area contributed by atoms with Gasteiger partial charge in [0, 0.05) is 0 Å². The SMILES string of the molecule is CCCC1CCCCC1CCCOc1ccc(C(=O)Oc2ccc(C#N)cc2F)cc1. The lowest BCUT2D eigenvalue weighted by molar-refractivity contribution is 0.0728. The molecule has 0 bridgehead atoms. The Kier molecular flexibility index (Phi) is 8.46. The largest absolute Gasteiger partial charge is 0.494 e. The molecule has 2 aromatic carbocycles. The van der Waals surface area contributed by atoms with Gasteiger partial charge in [0.05, 0.1) is 23.8 Å². The van der Waals surface area contributed by atoms with Gasteiger partial charge in [0.25, 0.3) is 0 Å². The van der Waals surface area contributed by atoms with Gasteiger partial charge in [0.1, 0.15) is 5.75 Å². The van der Waals surface area contributed by atoms with Crippen LogP contribution in [-0.4, -0.2) is 12.6 Å². The molecule has 1 aliphatic carbocycles. The van der Waals surface area contributed by atoms with Crippen molar-refractivity contribution in [3.05, 3.63) is 59.4 Å². The minimum atomic E-state index is -0.744. The maximum atomic E-state index is 13.9. The van der Waals surface area contributed by atoms with Crippen LogP contribution in [0.25, 0.3) is 0 Å². The van der Waals surface area contributed by atoms with Gasteiger partial charge in [-0.1, -0.05) is 45.4 Å². The lowest BCUT2D eigenvalue weighted by Gasteiger charge is -2.31. The fraction of sp³-hybridized carbons (Fsp3) is 0.462. The zero-order valence-electron chi connectivity index (χ0n) is 18.1. The van der Waals surface area contributed by atoms with Crippen LogP contribution in [0, 0.1) is 29.0 Å². The van der Waals surface area contributed by atoms with E-state index in [1.807, 2.05) is 6.07 Å². The number of esters is 1. The molecule has 1 saturated carbocycles. The molecule has 164 valence electrons. The van der Waals surface area contributed by atoms with E-state index in [0.717, 1.165) is 24.3 Å². The minimum Gasteiger partial charge on any atom is -0.494 e. The maximum Gasteiger partial charge on any atom is 0.343 e.